The van der Waals surface area contributed by atoms with Crippen LogP contribution >= 0.6 is 15.9 Å². The second kappa shape index (κ2) is 4.59. The Kier molecular flexibility index (Phi) is 3.18. The third kappa shape index (κ3) is 2.46. The van der Waals surface area contributed by atoms with Crippen molar-refractivity contribution >= 4 is 15.9 Å². The molecule has 4 heteroatoms. The van der Waals surface area contributed by atoms with E-state index in [1.165, 1.54) is 0 Å². The summed E-state index contributed by atoms with van der Waals surface area (Å²) in [5.74, 6) is 0.799. The molecule has 3 nitrogen and oxygen atoms in total. The standard InChI is InChI=1S/C11H11BrN2O/c1-13-7-10-6-11(15-14-10)8-2-4-9(12)5-3-8/h2-6,13H,7H2,1H3. The molecule has 0 amide bonds. The zero-order chi connectivity index (χ0) is 10.7. The van der Waals surface area contributed by atoms with Gasteiger partial charge in [0.15, 0.2) is 5.76 Å². The fraction of sp³-hybridized carbons (Fsp3) is 0.182. The lowest BCUT2D eigenvalue weighted by atomic mass is 10.2. The van der Waals surface area contributed by atoms with Gasteiger partial charge < -0.3 is 9.84 Å². The van der Waals surface area contributed by atoms with Gasteiger partial charge in [0.1, 0.15) is 0 Å². The van der Waals surface area contributed by atoms with E-state index in [0.29, 0.717) is 0 Å². The quantitative estimate of drug-likeness (QED) is 0.929. The molecule has 1 aromatic carbocycles. The fourth-order valence-corrected chi connectivity index (χ4v) is 1.59. The smallest absolute Gasteiger partial charge is 0.167 e. The highest BCUT2D eigenvalue weighted by Gasteiger charge is 2.05. The number of halogens is 1. The number of nitrogens with zero attached hydrogens (tertiary/aromatic N) is 1. The first-order valence-corrected chi connectivity index (χ1v) is 5.45. The van der Waals surface area contributed by atoms with Crippen LogP contribution in [-0.4, -0.2) is 12.2 Å². The van der Waals surface area contributed by atoms with Gasteiger partial charge in [-0.25, -0.2) is 0 Å². The van der Waals surface area contributed by atoms with Crippen molar-refractivity contribution in [3.8, 4) is 11.3 Å². The molecule has 2 rings (SSSR count). The van der Waals surface area contributed by atoms with Crippen LogP contribution in [0.4, 0.5) is 0 Å². The van der Waals surface area contributed by atoms with Crippen molar-refractivity contribution in [3.05, 3.63) is 40.5 Å². The Morgan fingerprint density at radius 1 is 1.33 bits per heavy atom. The molecule has 2 aromatic rings. The Morgan fingerprint density at radius 3 is 2.73 bits per heavy atom. The number of hydrogen-bond donors (Lipinski definition) is 1. The van der Waals surface area contributed by atoms with Crippen LogP contribution in [0.2, 0.25) is 0 Å². The molecular weight excluding hydrogens is 256 g/mol. The minimum atomic E-state index is 0.722. The molecule has 0 bridgehead atoms. The average molecular weight is 267 g/mol. The summed E-state index contributed by atoms with van der Waals surface area (Å²) < 4.78 is 6.29. The topological polar surface area (TPSA) is 38.1 Å². The summed E-state index contributed by atoms with van der Waals surface area (Å²) >= 11 is 3.39. The molecule has 1 aromatic heterocycles. The maximum Gasteiger partial charge on any atom is 0.167 e. The molecule has 1 N–H and O–H groups in total. The lowest BCUT2D eigenvalue weighted by Gasteiger charge is -1.94. The van der Waals surface area contributed by atoms with Gasteiger partial charge in [0, 0.05) is 22.6 Å². The molecule has 78 valence electrons. The number of hydrogen-bond acceptors (Lipinski definition) is 3. The van der Waals surface area contributed by atoms with Gasteiger partial charge in [0.25, 0.3) is 0 Å². The Labute approximate surface area is 96.6 Å². The molecule has 1 heterocycles. The second-order valence-electron chi connectivity index (χ2n) is 3.22. The first-order chi connectivity index (χ1) is 7.29. The van der Waals surface area contributed by atoms with Crippen LogP contribution in [0, 0.1) is 0 Å². The van der Waals surface area contributed by atoms with Gasteiger partial charge in [-0.15, -0.1) is 0 Å². The van der Waals surface area contributed by atoms with Gasteiger partial charge in [0.05, 0.1) is 5.69 Å². The molecule has 0 saturated heterocycles. The summed E-state index contributed by atoms with van der Waals surface area (Å²) in [4.78, 5) is 0. The van der Waals surface area contributed by atoms with Crippen LogP contribution in [0.5, 0.6) is 0 Å². The van der Waals surface area contributed by atoms with E-state index in [1.807, 2.05) is 37.4 Å². The summed E-state index contributed by atoms with van der Waals surface area (Å²) in [6, 6.07) is 9.90. The number of rotatable bonds is 3. The highest BCUT2D eigenvalue weighted by atomic mass is 79.9. The summed E-state index contributed by atoms with van der Waals surface area (Å²) in [5, 5.41) is 6.98. The van der Waals surface area contributed by atoms with Crippen molar-refractivity contribution in [2.24, 2.45) is 0 Å². The molecule has 0 spiro atoms. The van der Waals surface area contributed by atoms with Crippen LogP contribution in [0.3, 0.4) is 0 Å². The predicted octanol–water partition coefficient (Wildman–Crippen LogP) is 2.82. The van der Waals surface area contributed by atoms with Crippen LogP contribution in [0.1, 0.15) is 5.69 Å². The van der Waals surface area contributed by atoms with Crippen LogP contribution in [-0.2, 0) is 6.54 Å². The van der Waals surface area contributed by atoms with E-state index in [4.69, 9.17) is 4.52 Å². The number of nitrogens with one attached hydrogen (secondary N) is 1. The Bertz CT molecular complexity index is 436. The third-order valence-corrected chi connectivity index (χ3v) is 2.57. The van der Waals surface area contributed by atoms with Gasteiger partial charge in [-0.05, 0) is 19.2 Å². The highest BCUT2D eigenvalue weighted by molar-refractivity contribution is 9.10. The molecule has 0 aliphatic carbocycles. The first-order valence-electron chi connectivity index (χ1n) is 4.66. The highest BCUT2D eigenvalue weighted by Crippen LogP contribution is 2.22. The normalized spacial score (nSPS) is 10.5. The lowest BCUT2D eigenvalue weighted by molar-refractivity contribution is 0.421. The zero-order valence-electron chi connectivity index (χ0n) is 8.33. The number of aromatic nitrogens is 1. The van der Waals surface area contributed by atoms with E-state index in [9.17, 15) is 0 Å². The van der Waals surface area contributed by atoms with E-state index in [0.717, 1.165) is 28.0 Å². The first kappa shape index (κ1) is 10.4. The van der Waals surface area contributed by atoms with Crippen molar-refractivity contribution in [2.45, 2.75) is 6.54 Å². The van der Waals surface area contributed by atoms with Crippen molar-refractivity contribution in [1.29, 1.82) is 0 Å². The Hall–Kier alpha value is -1.13. The van der Waals surface area contributed by atoms with Gasteiger partial charge in [-0.3, -0.25) is 0 Å². The van der Waals surface area contributed by atoms with Crippen molar-refractivity contribution in [3.63, 3.8) is 0 Å². The van der Waals surface area contributed by atoms with Gasteiger partial charge in [-0.2, -0.15) is 0 Å². The summed E-state index contributed by atoms with van der Waals surface area (Å²) in [5.41, 5.74) is 1.95. The van der Waals surface area contributed by atoms with Crippen molar-refractivity contribution < 1.29 is 4.52 Å². The van der Waals surface area contributed by atoms with Crippen LogP contribution < -0.4 is 5.32 Å². The molecule has 0 unspecified atom stereocenters. The molecule has 0 aliphatic heterocycles. The van der Waals surface area contributed by atoms with E-state index >= 15 is 0 Å². The number of benzene rings is 1. The fourth-order valence-electron chi connectivity index (χ4n) is 1.33. The van der Waals surface area contributed by atoms with E-state index in [2.05, 4.69) is 26.4 Å². The predicted molar refractivity (Wildman–Crippen MR) is 62.4 cm³/mol. The molecule has 15 heavy (non-hydrogen) atoms. The molecule has 0 radical (unpaired) electrons. The maximum absolute atomic E-state index is 5.24. The second-order valence-corrected chi connectivity index (χ2v) is 4.14. The molecule has 0 aliphatic rings. The van der Waals surface area contributed by atoms with Crippen LogP contribution in [0.25, 0.3) is 11.3 Å². The van der Waals surface area contributed by atoms with Gasteiger partial charge in [-0.1, -0.05) is 33.2 Å². The van der Waals surface area contributed by atoms with Gasteiger partial charge in [0.2, 0.25) is 0 Å². The largest absolute Gasteiger partial charge is 0.356 e. The van der Waals surface area contributed by atoms with Crippen molar-refractivity contribution in [1.82, 2.24) is 10.5 Å². The Balaban J connectivity index is 2.25. The van der Waals surface area contributed by atoms with Crippen molar-refractivity contribution in [2.75, 3.05) is 7.05 Å². The zero-order valence-corrected chi connectivity index (χ0v) is 9.91. The minimum Gasteiger partial charge on any atom is -0.356 e. The molecular formula is C11H11BrN2O. The van der Waals surface area contributed by atoms with E-state index in [-0.39, 0.29) is 0 Å². The van der Waals surface area contributed by atoms with E-state index in [1.54, 1.807) is 0 Å². The summed E-state index contributed by atoms with van der Waals surface area (Å²) in [7, 11) is 1.88. The summed E-state index contributed by atoms with van der Waals surface area (Å²) in [6.07, 6.45) is 0. The van der Waals surface area contributed by atoms with Crippen LogP contribution in [0.15, 0.2) is 39.3 Å². The lowest BCUT2D eigenvalue weighted by Crippen LogP contribution is -2.04. The SMILES string of the molecule is CNCc1cc(-c2ccc(Br)cc2)on1. The third-order valence-electron chi connectivity index (χ3n) is 2.05. The minimum absolute atomic E-state index is 0.722. The molecule has 0 saturated carbocycles. The summed E-state index contributed by atoms with van der Waals surface area (Å²) in [6.45, 7) is 0.722. The Morgan fingerprint density at radius 2 is 2.07 bits per heavy atom. The maximum atomic E-state index is 5.24. The molecule has 0 atom stereocenters. The molecule has 0 fully saturated rings. The average Bonchev–Trinajstić information content (AvgIpc) is 2.68. The van der Waals surface area contributed by atoms with E-state index < -0.39 is 0 Å². The monoisotopic (exact) mass is 266 g/mol. The van der Waals surface area contributed by atoms with Gasteiger partial charge >= 0.3 is 0 Å².